The Balaban J connectivity index is 1.82. The molecule has 0 radical (unpaired) electrons. The predicted molar refractivity (Wildman–Crippen MR) is 110 cm³/mol. The number of allylic oxidation sites excluding steroid dienone is 1. The van der Waals surface area contributed by atoms with Gasteiger partial charge in [0.05, 0.1) is 19.3 Å². The molecule has 158 valence electrons. The van der Waals surface area contributed by atoms with Crippen LogP contribution in [0.4, 0.5) is 4.79 Å². The van der Waals surface area contributed by atoms with Crippen LogP contribution in [0.15, 0.2) is 42.0 Å². The molecule has 0 saturated carbocycles. The van der Waals surface area contributed by atoms with Crippen molar-refractivity contribution in [1.82, 2.24) is 4.90 Å². The van der Waals surface area contributed by atoms with Crippen LogP contribution in [0.1, 0.15) is 52.0 Å². The Kier molecular flexibility index (Phi) is 6.15. The summed E-state index contributed by atoms with van der Waals surface area (Å²) in [5.41, 5.74) is 1.02. The second-order valence-corrected chi connectivity index (χ2v) is 8.81. The molecule has 2 unspecified atom stereocenters. The van der Waals surface area contributed by atoms with E-state index in [1.165, 1.54) is 0 Å². The molecule has 1 saturated heterocycles. The summed E-state index contributed by atoms with van der Waals surface area (Å²) in [6, 6.07) is 9.44. The Morgan fingerprint density at radius 1 is 1.17 bits per heavy atom. The maximum atomic E-state index is 13.5. The van der Waals surface area contributed by atoms with E-state index in [0.717, 1.165) is 5.56 Å². The molecule has 1 aliphatic carbocycles. The van der Waals surface area contributed by atoms with Gasteiger partial charge in [0.1, 0.15) is 11.5 Å². The number of ketones is 1. The first-order valence-corrected chi connectivity index (χ1v) is 10.1. The molecule has 1 amide bonds. The van der Waals surface area contributed by atoms with E-state index >= 15 is 0 Å². The summed E-state index contributed by atoms with van der Waals surface area (Å²) in [6.07, 6.45) is 2.80. The SMILES string of the molecule is CN(C(=O)OC(C)(C)C)C1C=C(C(=O)C(c2ccccc2)C2(C)OCCO2)CC1. The van der Waals surface area contributed by atoms with Gasteiger partial charge in [-0.05, 0) is 51.7 Å². The maximum Gasteiger partial charge on any atom is 0.410 e. The van der Waals surface area contributed by atoms with Crippen LogP contribution in [0.2, 0.25) is 0 Å². The van der Waals surface area contributed by atoms with Crippen LogP contribution in [-0.2, 0) is 19.0 Å². The van der Waals surface area contributed by atoms with E-state index in [1.807, 2.05) is 64.1 Å². The number of Topliss-reactive ketones (excluding diaryl/α,β-unsaturated/α-hetero) is 1. The van der Waals surface area contributed by atoms with E-state index in [1.54, 1.807) is 11.9 Å². The molecule has 1 heterocycles. The molecule has 1 fully saturated rings. The summed E-state index contributed by atoms with van der Waals surface area (Å²) >= 11 is 0. The van der Waals surface area contributed by atoms with Gasteiger partial charge in [-0.15, -0.1) is 0 Å². The number of benzene rings is 1. The molecular formula is C23H31NO5. The van der Waals surface area contributed by atoms with Crippen molar-refractivity contribution in [3.63, 3.8) is 0 Å². The first kappa shape index (κ1) is 21.5. The molecule has 1 aromatic carbocycles. The lowest BCUT2D eigenvalue weighted by molar-refractivity contribution is -0.167. The smallest absolute Gasteiger partial charge is 0.410 e. The van der Waals surface area contributed by atoms with E-state index in [-0.39, 0.29) is 17.9 Å². The quantitative estimate of drug-likeness (QED) is 0.744. The number of carbonyl (C=O) groups excluding carboxylic acids is 2. The zero-order chi connectivity index (χ0) is 21.2. The number of hydrogen-bond donors (Lipinski definition) is 0. The largest absolute Gasteiger partial charge is 0.444 e. The maximum absolute atomic E-state index is 13.5. The molecule has 29 heavy (non-hydrogen) atoms. The van der Waals surface area contributed by atoms with Gasteiger partial charge in [-0.2, -0.15) is 0 Å². The van der Waals surface area contributed by atoms with Crippen LogP contribution >= 0.6 is 0 Å². The number of carbonyl (C=O) groups is 2. The molecule has 0 N–H and O–H groups in total. The lowest BCUT2D eigenvalue weighted by Gasteiger charge is -2.32. The van der Waals surface area contributed by atoms with Crippen molar-refractivity contribution in [3.05, 3.63) is 47.5 Å². The molecule has 1 aromatic rings. The summed E-state index contributed by atoms with van der Waals surface area (Å²) in [5.74, 6) is -1.56. The minimum absolute atomic E-state index is 0.0133. The highest BCUT2D eigenvalue weighted by Gasteiger charge is 2.46. The first-order chi connectivity index (χ1) is 13.6. The van der Waals surface area contributed by atoms with Gasteiger partial charge in [0, 0.05) is 7.05 Å². The van der Waals surface area contributed by atoms with Crippen molar-refractivity contribution in [1.29, 1.82) is 0 Å². The fourth-order valence-electron chi connectivity index (χ4n) is 3.90. The second-order valence-electron chi connectivity index (χ2n) is 8.81. The average molecular weight is 402 g/mol. The summed E-state index contributed by atoms with van der Waals surface area (Å²) in [6.45, 7) is 8.28. The van der Waals surface area contributed by atoms with Gasteiger partial charge >= 0.3 is 6.09 Å². The average Bonchev–Trinajstić information content (AvgIpc) is 3.30. The minimum Gasteiger partial charge on any atom is -0.444 e. The highest BCUT2D eigenvalue weighted by molar-refractivity contribution is 6.01. The van der Waals surface area contributed by atoms with Crippen molar-refractivity contribution >= 4 is 11.9 Å². The molecule has 6 nitrogen and oxygen atoms in total. The van der Waals surface area contributed by atoms with Gasteiger partial charge in [0.2, 0.25) is 0 Å². The molecular weight excluding hydrogens is 370 g/mol. The van der Waals surface area contributed by atoms with Crippen molar-refractivity contribution in [2.45, 2.75) is 63.9 Å². The van der Waals surface area contributed by atoms with Crippen LogP contribution in [0.3, 0.4) is 0 Å². The molecule has 2 aliphatic rings. The van der Waals surface area contributed by atoms with Crippen LogP contribution < -0.4 is 0 Å². The molecule has 0 spiro atoms. The Hall–Kier alpha value is -2.18. The molecule has 0 aromatic heterocycles. The minimum atomic E-state index is -0.992. The summed E-state index contributed by atoms with van der Waals surface area (Å²) in [7, 11) is 1.71. The lowest BCUT2D eigenvalue weighted by Crippen LogP contribution is -2.39. The third-order valence-corrected chi connectivity index (χ3v) is 5.38. The normalized spacial score (nSPS) is 22.1. The van der Waals surface area contributed by atoms with Crippen LogP contribution in [0, 0.1) is 0 Å². The van der Waals surface area contributed by atoms with Crippen molar-refractivity contribution in [2.24, 2.45) is 0 Å². The monoisotopic (exact) mass is 401 g/mol. The van der Waals surface area contributed by atoms with E-state index in [4.69, 9.17) is 14.2 Å². The van der Waals surface area contributed by atoms with Crippen LogP contribution in [-0.4, -0.2) is 54.5 Å². The second kappa shape index (κ2) is 8.28. The lowest BCUT2D eigenvalue weighted by atomic mass is 9.84. The number of amides is 1. The van der Waals surface area contributed by atoms with E-state index in [2.05, 4.69) is 0 Å². The fraction of sp³-hybridized carbons (Fsp3) is 0.565. The van der Waals surface area contributed by atoms with Crippen molar-refractivity contribution in [2.75, 3.05) is 20.3 Å². The van der Waals surface area contributed by atoms with Crippen molar-refractivity contribution < 1.29 is 23.8 Å². The zero-order valence-electron chi connectivity index (χ0n) is 17.9. The van der Waals surface area contributed by atoms with Gasteiger partial charge in [-0.25, -0.2) is 4.79 Å². The predicted octanol–water partition coefficient (Wildman–Crippen LogP) is 4.06. The summed E-state index contributed by atoms with van der Waals surface area (Å²) in [4.78, 5) is 27.5. The Labute approximate surface area is 172 Å². The van der Waals surface area contributed by atoms with Gasteiger partial charge in [-0.1, -0.05) is 36.4 Å². The number of rotatable bonds is 5. The Morgan fingerprint density at radius 3 is 2.38 bits per heavy atom. The Bertz CT molecular complexity index is 774. The zero-order valence-corrected chi connectivity index (χ0v) is 17.9. The third-order valence-electron chi connectivity index (χ3n) is 5.38. The topological polar surface area (TPSA) is 65.1 Å². The van der Waals surface area contributed by atoms with E-state index in [9.17, 15) is 9.59 Å². The van der Waals surface area contributed by atoms with Crippen LogP contribution in [0.25, 0.3) is 0 Å². The van der Waals surface area contributed by atoms with Crippen molar-refractivity contribution in [3.8, 4) is 0 Å². The molecule has 3 rings (SSSR count). The van der Waals surface area contributed by atoms with Gasteiger partial charge in [0.25, 0.3) is 0 Å². The first-order valence-electron chi connectivity index (χ1n) is 10.1. The highest BCUT2D eigenvalue weighted by Crippen LogP contribution is 2.40. The standard InChI is InChI=1S/C23H31NO5/c1-22(2,3)29-21(26)24(5)18-12-11-17(15-18)20(25)19(16-9-7-6-8-10-16)23(4)27-13-14-28-23/h6-10,15,18-19H,11-14H2,1-5H3. The van der Waals surface area contributed by atoms with Gasteiger partial charge < -0.3 is 19.1 Å². The van der Waals surface area contributed by atoms with Gasteiger partial charge in [-0.3, -0.25) is 4.79 Å². The molecule has 2 atom stereocenters. The molecule has 0 bridgehead atoms. The summed E-state index contributed by atoms with van der Waals surface area (Å²) < 4.78 is 17.2. The van der Waals surface area contributed by atoms with Gasteiger partial charge in [0.15, 0.2) is 11.6 Å². The molecule has 6 heteroatoms. The highest BCUT2D eigenvalue weighted by atomic mass is 16.7. The number of ether oxygens (including phenoxy) is 3. The number of nitrogens with zero attached hydrogens (tertiary/aromatic N) is 1. The molecule has 1 aliphatic heterocycles. The van der Waals surface area contributed by atoms with Crippen LogP contribution in [0.5, 0.6) is 0 Å². The number of likely N-dealkylation sites (N-methyl/N-ethyl adjacent to an activating group) is 1. The third kappa shape index (κ3) is 4.87. The number of hydrogen-bond acceptors (Lipinski definition) is 5. The summed E-state index contributed by atoms with van der Waals surface area (Å²) in [5, 5.41) is 0. The fourth-order valence-corrected chi connectivity index (χ4v) is 3.90. The van der Waals surface area contributed by atoms with E-state index < -0.39 is 17.3 Å². The Morgan fingerprint density at radius 2 is 1.79 bits per heavy atom. The van der Waals surface area contributed by atoms with E-state index in [0.29, 0.717) is 31.6 Å².